The lowest BCUT2D eigenvalue weighted by Gasteiger charge is -2.49. The van der Waals surface area contributed by atoms with E-state index in [4.69, 9.17) is 0 Å². The van der Waals surface area contributed by atoms with Gasteiger partial charge in [-0.15, -0.1) is 0 Å². The van der Waals surface area contributed by atoms with E-state index in [2.05, 4.69) is 37.9 Å². The molecule has 2 fully saturated rings. The molecule has 0 aromatic carbocycles. The number of nitrogens with one attached hydrogen (secondary N) is 1. The SMILES string of the molecule is CCC1(CC)CN(C(C)C)C(C2CC2)CN1. The van der Waals surface area contributed by atoms with E-state index in [1.165, 1.54) is 38.8 Å². The van der Waals surface area contributed by atoms with Gasteiger partial charge >= 0.3 is 0 Å². The molecule has 16 heavy (non-hydrogen) atoms. The van der Waals surface area contributed by atoms with Crippen molar-refractivity contribution in [1.29, 1.82) is 0 Å². The van der Waals surface area contributed by atoms with Crippen LogP contribution in [0.3, 0.4) is 0 Å². The van der Waals surface area contributed by atoms with E-state index in [1.807, 2.05) is 0 Å². The van der Waals surface area contributed by atoms with Crippen molar-refractivity contribution in [2.45, 2.75) is 71.0 Å². The summed E-state index contributed by atoms with van der Waals surface area (Å²) < 4.78 is 0. The molecule has 1 saturated heterocycles. The topological polar surface area (TPSA) is 15.3 Å². The summed E-state index contributed by atoms with van der Waals surface area (Å²) in [5, 5.41) is 3.85. The monoisotopic (exact) mass is 224 g/mol. The molecule has 0 aromatic heterocycles. The zero-order chi connectivity index (χ0) is 11.8. The molecule has 1 saturated carbocycles. The van der Waals surface area contributed by atoms with Gasteiger partial charge in [0.15, 0.2) is 0 Å². The summed E-state index contributed by atoms with van der Waals surface area (Å²) in [5.74, 6) is 0.988. The molecule has 0 amide bonds. The average molecular weight is 224 g/mol. The lowest BCUT2D eigenvalue weighted by atomic mass is 9.87. The van der Waals surface area contributed by atoms with Crippen LogP contribution in [0.2, 0.25) is 0 Å². The molecular formula is C14H28N2. The Morgan fingerprint density at radius 3 is 2.31 bits per heavy atom. The maximum Gasteiger partial charge on any atom is 0.0304 e. The van der Waals surface area contributed by atoms with Crippen LogP contribution in [0.1, 0.15) is 53.4 Å². The molecule has 1 N–H and O–H groups in total. The minimum atomic E-state index is 0.385. The van der Waals surface area contributed by atoms with E-state index in [1.54, 1.807) is 0 Å². The molecule has 94 valence electrons. The van der Waals surface area contributed by atoms with Crippen molar-refractivity contribution in [2.75, 3.05) is 13.1 Å². The summed E-state index contributed by atoms with van der Waals surface area (Å²) in [4.78, 5) is 2.77. The van der Waals surface area contributed by atoms with Gasteiger partial charge in [-0.3, -0.25) is 4.90 Å². The summed E-state index contributed by atoms with van der Waals surface area (Å²) in [7, 11) is 0. The molecule has 1 aliphatic heterocycles. The van der Waals surface area contributed by atoms with Crippen LogP contribution in [-0.2, 0) is 0 Å². The Labute approximate surface area is 101 Å². The first-order valence-electron chi connectivity index (χ1n) is 7.12. The second-order valence-electron chi connectivity index (χ2n) is 6.04. The van der Waals surface area contributed by atoms with E-state index >= 15 is 0 Å². The number of nitrogens with zero attached hydrogens (tertiary/aromatic N) is 1. The fourth-order valence-corrected chi connectivity index (χ4v) is 3.17. The van der Waals surface area contributed by atoms with Crippen LogP contribution in [-0.4, -0.2) is 35.6 Å². The molecule has 0 aromatic rings. The second-order valence-corrected chi connectivity index (χ2v) is 6.04. The first-order chi connectivity index (χ1) is 7.62. The molecular weight excluding hydrogens is 196 g/mol. The fourth-order valence-electron chi connectivity index (χ4n) is 3.17. The number of hydrogen-bond donors (Lipinski definition) is 1. The van der Waals surface area contributed by atoms with Crippen LogP contribution in [0, 0.1) is 5.92 Å². The van der Waals surface area contributed by atoms with E-state index < -0.39 is 0 Å². The molecule has 2 rings (SSSR count). The fraction of sp³-hybridized carbons (Fsp3) is 1.00. The Morgan fingerprint density at radius 1 is 1.25 bits per heavy atom. The first-order valence-corrected chi connectivity index (χ1v) is 7.12. The van der Waals surface area contributed by atoms with Crippen LogP contribution in [0.15, 0.2) is 0 Å². The van der Waals surface area contributed by atoms with Gasteiger partial charge in [-0.05, 0) is 45.4 Å². The molecule has 0 bridgehead atoms. The van der Waals surface area contributed by atoms with Crippen molar-refractivity contribution in [2.24, 2.45) is 5.92 Å². The van der Waals surface area contributed by atoms with Crippen molar-refractivity contribution in [3.8, 4) is 0 Å². The van der Waals surface area contributed by atoms with Crippen molar-refractivity contribution in [3.63, 3.8) is 0 Å². The zero-order valence-electron chi connectivity index (χ0n) is 11.4. The van der Waals surface area contributed by atoms with Gasteiger partial charge in [0.05, 0.1) is 0 Å². The molecule has 1 aliphatic carbocycles. The zero-order valence-corrected chi connectivity index (χ0v) is 11.4. The van der Waals surface area contributed by atoms with E-state index in [0.717, 1.165) is 12.0 Å². The van der Waals surface area contributed by atoms with Gasteiger partial charge in [0.2, 0.25) is 0 Å². The summed E-state index contributed by atoms with van der Waals surface area (Å²) in [6.07, 6.45) is 5.43. The Balaban J connectivity index is 2.07. The number of piperazine rings is 1. The normalized spacial score (nSPS) is 30.9. The largest absolute Gasteiger partial charge is 0.308 e. The van der Waals surface area contributed by atoms with E-state index in [0.29, 0.717) is 11.6 Å². The molecule has 1 unspecified atom stereocenters. The van der Waals surface area contributed by atoms with Crippen molar-refractivity contribution >= 4 is 0 Å². The van der Waals surface area contributed by atoms with Crippen molar-refractivity contribution < 1.29 is 0 Å². The minimum absolute atomic E-state index is 0.385. The Hall–Kier alpha value is -0.0800. The van der Waals surface area contributed by atoms with E-state index in [9.17, 15) is 0 Å². The van der Waals surface area contributed by atoms with Crippen LogP contribution >= 0.6 is 0 Å². The molecule has 2 aliphatic rings. The second kappa shape index (κ2) is 4.66. The van der Waals surface area contributed by atoms with Gasteiger partial charge in [-0.1, -0.05) is 13.8 Å². The Kier molecular flexibility index (Phi) is 3.60. The lowest BCUT2D eigenvalue weighted by molar-refractivity contribution is 0.0381. The van der Waals surface area contributed by atoms with Gasteiger partial charge < -0.3 is 5.32 Å². The molecule has 1 atom stereocenters. The standard InChI is InChI=1S/C14H28N2/c1-5-14(6-2)10-16(11(3)4)13(9-15-14)12-7-8-12/h11-13,15H,5-10H2,1-4H3. The summed E-state index contributed by atoms with van der Waals surface area (Å²) in [5.41, 5.74) is 0.385. The van der Waals surface area contributed by atoms with Crippen LogP contribution in [0.4, 0.5) is 0 Å². The highest BCUT2D eigenvalue weighted by atomic mass is 15.3. The lowest BCUT2D eigenvalue weighted by Crippen LogP contribution is -2.65. The quantitative estimate of drug-likeness (QED) is 0.790. The molecule has 2 heteroatoms. The van der Waals surface area contributed by atoms with Crippen LogP contribution < -0.4 is 5.32 Å². The predicted molar refractivity (Wildman–Crippen MR) is 69.7 cm³/mol. The van der Waals surface area contributed by atoms with Gasteiger partial charge in [0, 0.05) is 30.7 Å². The molecule has 2 nitrogen and oxygen atoms in total. The van der Waals surface area contributed by atoms with Gasteiger partial charge in [-0.2, -0.15) is 0 Å². The highest BCUT2D eigenvalue weighted by Gasteiger charge is 2.43. The van der Waals surface area contributed by atoms with E-state index in [-0.39, 0.29) is 0 Å². The summed E-state index contributed by atoms with van der Waals surface area (Å²) in [6, 6.07) is 1.51. The Morgan fingerprint density at radius 2 is 1.88 bits per heavy atom. The van der Waals surface area contributed by atoms with Crippen molar-refractivity contribution in [3.05, 3.63) is 0 Å². The Bertz CT molecular complexity index is 229. The number of hydrogen-bond acceptors (Lipinski definition) is 2. The average Bonchev–Trinajstić information content (AvgIpc) is 3.12. The molecule has 0 radical (unpaired) electrons. The summed E-state index contributed by atoms with van der Waals surface area (Å²) in [6.45, 7) is 11.8. The highest BCUT2D eigenvalue weighted by molar-refractivity contribution is 5.01. The van der Waals surface area contributed by atoms with Gasteiger partial charge in [0.25, 0.3) is 0 Å². The maximum atomic E-state index is 3.85. The van der Waals surface area contributed by atoms with Crippen LogP contribution in [0.5, 0.6) is 0 Å². The predicted octanol–water partition coefficient (Wildman–Crippen LogP) is 2.64. The summed E-state index contributed by atoms with van der Waals surface area (Å²) >= 11 is 0. The third kappa shape index (κ3) is 2.28. The van der Waals surface area contributed by atoms with Gasteiger partial charge in [-0.25, -0.2) is 0 Å². The first kappa shape index (κ1) is 12.4. The number of rotatable bonds is 4. The third-order valence-electron chi connectivity index (χ3n) is 4.78. The van der Waals surface area contributed by atoms with Crippen molar-refractivity contribution in [1.82, 2.24) is 10.2 Å². The minimum Gasteiger partial charge on any atom is -0.308 e. The third-order valence-corrected chi connectivity index (χ3v) is 4.78. The molecule has 1 heterocycles. The smallest absolute Gasteiger partial charge is 0.0304 e. The highest BCUT2D eigenvalue weighted by Crippen LogP contribution is 2.38. The van der Waals surface area contributed by atoms with Gasteiger partial charge in [0.1, 0.15) is 0 Å². The van der Waals surface area contributed by atoms with Crippen LogP contribution in [0.25, 0.3) is 0 Å². The maximum absolute atomic E-state index is 3.85. The molecule has 0 spiro atoms.